The molecular formula is O12Si3Sm4. The Morgan fingerprint density at radius 3 is 0.263 bits per heavy atom. The molecule has 0 atom stereocenters. The number of rotatable bonds is 0. The maximum Gasteiger partial charge on any atom is 3.00 e. The van der Waals surface area contributed by atoms with Crippen molar-refractivity contribution in [1.82, 2.24) is 0 Å². The van der Waals surface area contributed by atoms with E-state index in [2.05, 4.69) is 0 Å². The van der Waals surface area contributed by atoms with E-state index in [4.69, 9.17) is 57.5 Å². The Balaban J connectivity index is -0.0000000206. The van der Waals surface area contributed by atoms with Gasteiger partial charge in [0.15, 0.2) is 0 Å². The molecule has 0 spiro atoms. The Morgan fingerprint density at radius 2 is 0.263 bits per heavy atom. The minimum absolute atomic E-state index is 0. The molecule has 0 N–H and O–H groups in total. The summed E-state index contributed by atoms with van der Waals surface area (Å²) in [4.78, 5) is 103. The van der Waals surface area contributed by atoms with Crippen LogP contribution in [0.15, 0.2) is 0 Å². The molecule has 0 rings (SSSR count). The predicted molar refractivity (Wildman–Crippen MR) is 17.3 cm³/mol. The predicted octanol–water partition coefficient (Wildman–Crippen LogP) is -15.4. The first-order chi connectivity index (χ1) is 6.00. The third-order valence-electron chi connectivity index (χ3n) is 0. The van der Waals surface area contributed by atoms with Gasteiger partial charge in [0.05, 0.1) is 0 Å². The molecule has 0 aliphatic rings. The van der Waals surface area contributed by atoms with E-state index in [1.807, 2.05) is 0 Å². The van der Waals surface area contributed by atoms with Gasteiger partial charge in [0.2, 0.25) is 0 Å². The summed E-state index contributed by atoms with van der Waals surface area (Å²) in [5.74, 6) is 0. The zero-order valence-corrected chi connectivity index (χ0v) is 21.5. The molecule has 0 aromatic heterocycles. The molecule has 0 bridgehead atoms. The fourth-order valence-electron chi connectivity index (χ4n) is 0. The Bertz CT molecular complexity index is 100.0. The molecule has 0 heterocycles. The van der Waals surface area contributed by atoms with Gasteiger partial charge in [-0.05, 0) is 0 Å². The van der Waals surface area contributed by atoms with Crippen molar-refractivity contribution < 1.29 is 219 Å². The van der Waals surface area contributed by atoms with Crippen molar-refractivity contribution in [2.24, 2.45) is 0 Å². The molecule has 0 aromatic carbocycles. The van der Waals surface area contributed by atoms with Crippen LogP contribution >= 0.6 is 0 Å². The Hall–Kier alpha value is 5.52. The second-order valence-electron chi connectivity index (χ2n) is 1.50. The molecular weight excluding hydrogens is 878 g/mol. The van der Waals surface area contributed by atoms with E-state index in [0.29, 0.717) is 0 Å². The van der Waals surface area contributed by atoms with E-state index in [-0.39, 0.29) is 162 Å². The van der Waals surface area contributed by atoms with Gasteiger partial charge in [0, 0.05) is 0 Å². The van der Waals surface area contributed by atoms with Gasteiger partial charge in [-0.1, -0.05) is 0 Å². The normalized spacial score (nSPS) is 9.47. The quantitative estimate of drug-likeness (QED) is 0.205. The van der Waals surface area contributed by atoms with Crippen LogP contribution in [0.25, 0.3) is 0 Å². The third kappa shape index (κ3) is 357. The maximum absolute atomic E-state index is 8.58. The van der Waals surface area contributed by atoms with Crippen LogP contribution < -0.4 is 57.5 Å². The van der Waals surface area contributed by atoms with E-state index in [1.54, 1.807) is 0 Å². The van der Waals surface area contributed by atoms with Gasteiger partial charge >= 0.3 is 162 Å². The van der Waals surface area contributed by atoms with Crippen molar-refractivity contribution in [3.05, 3.63) is 0 Å². The molecule has 12 nitrogen and oxygen atoms in total. The summed E-state index contributed by atoms with van der Waals surface area (Å²) in [6.45, 7) is 0. The maximum atomic E-state index is 8.58. The fourth-order valence-corrected chi connectivity index (χ4v) is 0. The average molecular weight is 878 g/mol. The molecule has 4 radical (unpaired) electrons. The van der Waals surface area contributed by atoms with E-state index in [0.717, 1.165) is 0 Å². The number of hydrogen-bond acceptors (Lipinski definition) is 12. The monoisotopic (exact) mass is 884 g/mol. The first-order valence-electron chi connectivity index (χ1n) is 2.45. The molecule has 0 amide bonds. The summed E-state index contributed by atoms with van der Waals surface area (Å²) in [6.07, 6.45) is 0. The summed E-state index contributed by atoms with van der Waals surface area (Å²) >= 11 is 0. The smallest absolute Gasteiger partial charge is 0.894 e. The van der Waals surface area contributed by atoms with Crippen LogP contribution in [-0.2, 0) is 0 Å². The zero-order valence-electron chi connectivity index (χ0n) is 8.03. The third-order valence-corrected chi connectivity index (χ3v) is 0. The molecule has 0 fully saturated rings. The molecule has 0 aromatic rings. The molecule has 19 heavy (non-hydrogen) atoms. The van der Waals surface area contributed by atoms with Gasteiger partial charge in [0.25, 0.3) is 0 Å². The van der Waals surface area contributed by atoms with Crippen molar-refractivity contribution in [2.45, 2.75) is 0 Å². The van der Waals surface area contributed by atoms with E-state index in [9.17, 15) is 0 Å². The van der Waals surface area contributed by atoms with Crippen LogP contribution in [0.5, 0.6) is 0 Å². The fraction of sp³-hybridized carbons (Fsp3) is 0. The molecule has 0 saturated carbocycles. The Morgan fingerprint density at radius 1 is 0.263 bits per heavy atom. The van der Waals surface area contributed by atoms with Crippen LogP contribution in [0, 0.1) is 162 Å². The van der Waals surface area contributed by atoms with Crippen molar-refractivity contribution in [1.29, 1.82) is 0 Å². The Kier molecular flexibility index (Phi) is 50.2. The summed E-state index contributed by atoms with van der Waals surface area (Å²) in [7, 11) is -16.8. The van der Waals surface area contributed by atoms with Gasteiger partial charge in [-0.3, -0.25) is 0 Å². The van der Waals surface area contributed by atoms with Crippen molar-refractivity contribution in [3.63, 3.8) is 0 Å². The van der Waals surface area contributed by atoms with Crippen molar-refractivity contribution in [2.75, 3.05) is 0 Å². The van der Waals surface area contributed by atoms with Crippen molar-refractivity contribution >= 4 is 27.1 Å². The first kappa shape index (κ1) is 44.2. The van der Waals surface area contributed by atoms with E-state index < -0.39 is 27.1 Å². The Labute approximate surface area is 240 Å². The summed E-state index contributed by atoms with van der Waals surface area (Å²) < 4.78 is 0. The van der Waals surface area contributed by atoms with Crippen LogP contribution in [0.3, 0.4) is 0 Å². The van der Waals surface area contributed by atoms with Crippen LogP contribution in [0.1, 0.15) is 0 Å². The van der Waals surface area contributed by atoms with Gasteiger partial charge in [0.1, 0.15) is 0 Å². The van der Waals surface area contributed by atoms with Gasteiger partial charge < -0.3 is 84.7 Å². The summed E-state index contributed by atoms with van der Waals surface area (Å²) in [5, 5.41) is 0. The van der Waals surface area contributed by atoms with Crippen molar-refractivity contribution in [3.8, 4) is 0 Å². The van der Waals surface area contributed by atoms with E-state index >= 15 is 0 Å². The zero-order chi connectivity index (χ0) is 13.5. The largest absolute Gasteiger partial charge is 3.00 e. The second-order valence-corrected chi connectivity index (χ2v) is 4.50. The number of hydrogen-bond donors (Lipinski definition) is 0. The van der Waals surface area contributed by atoms with Crippen LogP contribution in [0.2, 0.25) is 0 Å². The molecule has 0 aliphatic carbocycles. The molecule has 0 aliphatic heterocycles. The van der Waals surface area contributed by atoms with Gasteiger partial charge in [-0.2, -0.15) is 0 Å². The van der Waals surface area contributed by atoms with Crippen LogP contribution in [-0.4, -0.2) is 27.1 Å². The minimum Gasteiger partial charge on any atom is -0.894 e. The van der Waals surface area contributed by atoms with Gasteiger partial charge in [-0.15, -0.1) is 0 Å². The summed E-state index contributed by atoms with van der Waals surface area (Å²) in [6, 6.07) is 0. The minimum atomic E-state index is -5.61. The van der Waals surface area contributed by atoms with Crippen LogP contribution in [0.4, 0.5) is 0 Å². The standard InChI is InChI=1S/3O4Si.4Sm/c3*1-5(2,3)4;;;;/q3*-4;4*+3. The molecule has 0 saturated heterocycles. The average Bonchev–Trinajstić information content (AvgIpc) is 1.41. The van der Waals surface area contributed by atoms with E-state index in [1.165, 1.54) is 0 Å². The first-order valence-corrected chi connectivity index (χ1v) is 7.35. The molecule has 108 valence electrons. The molecule has 19 heteroatoms. The second kappa shape index (κ2) is 21.6. The summed E-state index contributed by atoms with van der Waals surface area (Å²) in [5.41, 5.74) is 0. The molecule has 0 unspecified atom stereocenters. The topological polar surface area (TPSA) is 277 Å². The SMILES string of the molecule is [O-][Si]([O-])([O-])[O-].[O-][Si]([O-])([O-])[O-].[O-][Si]([O-])([O-])[O-].[Sm+3].[Sm+3].[Sm+3].[Sm+3]. The van der Waals surface area contributed by atoms with Gasteiger partial charge in [-0.25, -0.2) is 0 Å².